The Kier molecular flexibility index (Phi) is 4.40. The molecule has 0 aliphatic carbocycles. The van der Waals surface area contributed by atoms with Crippen molar-refractivity contribution in [1.82, 2.24) is 4.57 Å². The molecule has 0 saturated heterocycles. The maximum absolute atomic E-state index is 12.0. The van der Waals surface area contributed by atoms with Gasteiger partial charge < -0.3 is 19.8 Å². The molecule has 124 valence electrons. The first-order valence-electron chi connectivity index (χ1n) is 7.46. The fraction of sp³-hybridized carbons (Fsp3) is 0.0526. The number of anilines is 1. The number of aromatic nitrogens is 1. The lowest BCUT2D eigenvalue weighted by atomic mass is 10.2. The molecule has 0 radical (unpaired) electrons. The van der Waals surface area contributed by atoms with Gasteiger partial charge in [0, 0.05) is 11.9 Å². The van der Waals surface area contributed by atoms with Crippen molar-refractivity contribution in [2.45, 2.75) is 0 Å². The molecule has 0 atom stereocenters. The van der Waals surface area contributed by atoms with Crippen LogP contribution in [0.2, 0.25) is 0 Å². The lowest BCUT2D eigenvalue weighted by Gasteiger charge is -2.10. The molecule has 0 aliphatic heterocycles. The Morgan fingerprint density at radius 1 is 1.08 bits per heavy atom. The number of nitriles is 1. The zero-order valence-electron chi connectivity index (χ0n) is 13.5. The summed E-state index contributed by atoms with van der Waals surface area (Å²) in [6.07, 6.45) is 1.51. The van der Waals surface area contributed by atoms with Gasteiger partial charge in [0.1, 0.15) is 17.6 Å². The molecule has 2 N–H and O–H groups in total. The number of nitrogens with two attached hydrogens (primary N) is 1. The number of nitrogen functional groups attached to an aromatic ring is 1. The van der Waals surface area contributed by atoms with Crippen LogP contribution in [0.5, 0.6) is 11.5 Å². The third-order valence-electron chi connectivity index (χ3n) is 3.64. The minimum absolute atomic E-state index is 0.0963. The molecule has 0 spiro atoms. The van der Waals surface area contributed by atoms with Gasteiger partial charge in [0.15, 0.2) is 5.69 Å². The summed E-state index contributed by atoms with van der Waals surface area (Å²) >= 11 is 0. The minimum Gasteiger partial charge on any atom is -0.464 e. The molecule has 3 aromatic rings. The third kappa shape index (κ3) is 3.16. The van der Waals surface area contributed by atoms with Gasteiger partial charge in [0.25, 0.3) is 0 Å². The van der Waals surface area contributed by atoms with Gasteiger partial charge in [0.2, 0.25) is 0 Å². The van der Waals surface area contributed by atoms with Crippen molar-refractivity contribution >= 4 is 11.7 Å². The van der Waals surface area contributed by atoms with Crippen molar-refractivity contribution in [3.8, 4) is 23.3 Å². The van der Waals surface area contributed by atoms with Crippen molar-refractivity contribution < 1.29 is 14.3 Å². The first kappa shape index (κ1) is 16.1. The number of carbonyl (C=O) groups excluding carboxylic acids is 1. The van der Waals surface area contributed by atoms with Crippen molar-refractivity contribution in [2.24, 2.45) is 0 Å². The molecule has 25 heavy (non-hydrogen) atoms. The largest absolute Gasteiger partial charge is 0.464 e. The zero-order chi connectivity index (χ0) is 17.8. The van der Waals surface area contributed by atoms with E-state index in [2.05, 4.69) is 0 Å². The molecule has 0 saturated carbocycles. The van der Waals surface area contributed by atoms with Crippen LogP contribution in [0.25, 0.3) is 5.69 Å². The minimum atomic E-state index is -0.608. The fourth-order valence-corrected chi connectivity index (χ4v) is 2.42. The van der Waals surface area contributed by atoms with Crippen molar-refractivity contribution in [3.05, 3.63) is 72.1 Å². The number of hydrogen-bond donors (Lipinski definition) is 1. The molecule has 0 amide bonds. The number of benzene rings is 2. The van der Waals surface area contributed by atoms with E-state index in [-0.39, 0.29) is 16.9 Å². The average Bonchev–Trinajstić information content (AvgIpc) is 2.99. The van der Waals surface area contributed by atoms with Gasteiger partial charge in [0.05, 0.1) is 18.4 Å². The van der Waals surface area contributed by atoms with Gasteiger partial charge in [-0.25, -0.2) is 4.79 Å². The summed E-state index contributed by atoms with van der Waals surface area (Å²) in [7, 11) is 1.27. The van der Waals surface area contributed by atoms with E-state index < -0.39 is 5.97 Å². The van der Waals surface area contributed by atoms with Crippen LogP contribution < -0.4 is 10.5 Å². The van der Waals surface area contributed by atoms with Crippen LogP contribution in [0.1, 0.15) is 16.1 Å². The number of esters is 1. The number of rotatable bonds is 4. The van der Waals surface area contributed by atoms with Gasteiger partial charge in [-0.2, -0.15) is 5.26 Å². The van der Waals surface area contributed by atoms with Crippen LogP contribution >= 0.6 is 0 Å². The Hall–Kier alpha value is -3.72. The molecule has 6 nitrogen and oxygen atoms in total. The summed E-state index contributed by atoms with van der Waals surface area (Å²) in [5, 5.41) is 9.15. The molecule has 0 aliphatic rings. The summed E-state index contributed by atoms with van der Waals surface area (Å²) in [5.74, 6) is 0.765. The monoisotopic (exact) mass is 333 g/mol. The van der Waals surface area contributed by atoms with E-state index in [0.29, 0.717) is 11.4 Å². The summed E-state index contributed by atoms with van der Waals surface area (Å²) in [4.78, 5) is 12.0. The topological polar surface area (TPSA) is 90.3 Å². The number of carbonyl (C=O) groups is 1. The molecule has 1 heterocycles. The summed E-state index contributed by atoms with van der Waals surface area (Å²) in [6.45, 7) is 0. The van der Waals surface area contributed by atoms with Crippen molar-refractivity contribution in [1.29, 1.82) is 5.26 Å². The predicted octanol–water partition coefficient (Wildman–Crippen LogP) is 3.51. The van der Waals surface area contributed by atoms with Crippen LogP contribution in [-0.2, 0) is 4.74 Å². The number of hydrogen-bond acceptors (Lipinski definition) is 5. The van der Waals surface area contributed by atoms with E-state index in [9.17, 15) is 4.79 Å². The Bertz CT molecular complexity index is 939. The Morgan fingerprint density at radius 3 is 2.32 bits per heavy atom. The van der Waals surface area contributed by atoms with E-state index in [1.165, 1.54) is 17.9 Å². The third-order valence-corrected chi connectivity index (χ3v) is 3.64. The second kappa shape index (κ2) is 6.81. The maximum atomic E-state index is 12.0. The maximum Gasteiger partial charge on any atom is 0.357 e. The molecule has 0 fully saturated rings. The van der Waals surface area contributed by atoms with Gasteiger partial charge in [-0.3, -0.25) is 0 Å². The van der Waals surface area contributed by atoms with Gasteiger partial charge in [-0.15, -0.1) is 0 Å². The summed E-state index contributed by atoms with van der Waals surface area (Å²) in [6, 6.07) is 18.4. The standard InChI is InChI=1S/C19H15N3O3/c1-24-19(23)18-17(21)13(11-20)12-22(18)14-7-9-16(10-8-14)25-15-5-3-2-4-6-15/h2-10,12H,21H2,1H3. The highest BCUT2D eigenvalue weighted by atomic mass is 16.5. The predicted molar refractivity (Wildman–Crippen MR) is 92.8 cm³/mol. The summed E-state index contributed by atoms with van der Waals surface area (Å²) < 4.78 is 12.0. The molecular formula is C19H15N3O3. The quantitative estimate of drug-likeness (QED) is 0.738. The highest BCUT2D eigenvalue weighted by Gasteiger charge is 2.21. The van der Waals surface area contributed by atoms with Crippen LogP contribution in [0.3, 0.4) is 0 Å². The van der Waals surface area contributed by atoms with Gasteiger partial charge >= 0.3 is 5.97 Å². The Morgan fingerprint density at radius 2 is 1.72 bits per heavy atom. The first-order valence-corrected chi connectivity index (χ1v) is 7.46. The lowest BCUT2D eigenvalue weighted by molar-refractivity contribution is 0.0593. The number of ether oxygens (including phenoxy) is 2. The molecule has 0 unspecified atom stereocenters. The molecule has 2 aromatic carbocycles. The normalized spacial score (nSPS) is 10.1. The highest BCUT2D eigenvalue weighted by Crippen LogP contribution is 2.27. The number of nitrogens with zero attached hydrogens (tertiary/aromatic N) is 2. The first-order chi connectivity index (χ1) is 12.1. The SMILES string of the molecule is COC(=O)c1c(N)c(C#N)cn1-c1ccc(Oc2ccccc2)cc1. The fourth-order valence-electron chi connectivity index (χ4n) is 2.42. The Labute approximate surface area is 144 Å². The summed E-state index contributed by atoms with van der Waals surface area (Å²) in [5.41, 5.74) is 6.98. The average molecular weight is 333 g/mol. The molecule has 6 heteroatoms. The van der Waals surface area contributed by atoms with Crippen LogP contribution in [-0.4, -0.2) is 17.6 Å². The van der Waals surface area contributed by atoms with E-state index in [1.54, 1.807) is 24.3 Å². The number of methoxy groups -OCH3 is 1. The molecular weight excluding hydrogens is 318 g/mol. The second-order valence-electron chi connectivity index (χ2n) is 5.19. The van der Waals surface area contributed by atoms with E-state index in [0.717, 1.165) is 5.75 Å². The molecule has 0 bridgehead atoms. The van der Waals surface area contributed by atoms with Crippen molar-refractivity contribution in [3.63, 3.8) is 0 Å². The zero-order valence-corrected chi connectivity index (χ0v) is 13.5. The van der Waals surface area contributed by atoms with Crippen LogP contribution in [0.4, 0.5) is 5.69 Å². The lowest BCUT2D eigenvalue weighted by Crippen LogP contribution is -2.11. The van der Waals surface area contributed by atoms with E-state index in [1.807, 2.05) is 36.4 Å². The smallest absolute Gasteiger partial charge is 0.357 e. The molecule has 3 rings (SSSR count). The van der Waals surface area contributed by atoms with Crippen LogP contribution in [0, 0.1) is 11.3 Å². The van der Waals surface area contributed by atoms with E-state index in [4.69, 9.17) is 20.5 Å². The molecule has 1 aromatic heterocycles. The van der Waals surface area contributed by atoms with Gasteiger partial charge in [-0.1, -0.05) is 18.2 Å². The van der Waals surface area contributed by atoms with Gasteiger partial charge in [-0.05, 0) is 36.4 Å². The number of para-hydroxylation sites is 1. The van der Waals surface area contributed by atoms with E-state index >= 15 is 0 Å². The Balaban J connectivity index is 1.95. The van der Waals surface area contributed by atoms with Crippen molar-refractivity contribution in [2.75, 3.05) is 12.8 Å². The highest BCUT2D eigenvalue weighted by molar-refractivity contribution is 5.95. The van der Waals surface area contributed by atoms with Crippen LogP contribution in [0.15, 0.2) is 60.8 Å². The second-order valence-corrected chi connectivity index (χ2v) is 5.19.